The summed E-state index contributed by atoms with van der Waals surface area (Å²) in [6, 6.07) is 4.62. The van der Waals surface area contributed by atoms with Crippen molar-refractivity contribution in [1.82, 2.24) is 0 Å². The molecule has 1 aromatic carbocycles. The van der Waals surface area contributed by atoms with Crippen molar-refractivity contribution in [2.45, 2.75) is 18.4 Å². The minimum atomic E-state index is -4.64. The molecule has 0 aliphatic carbocycles. The third kappa shape index (κ3) is 1.62. The summed E-state index contributed by atoms with van der Waals surface area (Å²) in [5.41, 5.74) is -1.39. The van der Waals surface area contributed by atoms with E-state index in [2.05, 4.69) is 0 Å². The number of fused-ring (bicyclic) bond motifs is 5. The molecule has 2 saturated heterocycles. The molecule has 0 radical (unpaired) electrons. The van der Waals surface area contributed by atoms with Gasteiger partial charge in [-0.2, -0.15) is 13.2 Å². The molecular formula is C15H10F3NO3. The average molecular weight is 309 g/mol. The molecule has 3 aliphatic rings. The zero-order valence-corrected chi connectivity index (χ0v) is 11.1. The van der Waals surface area contributed by atoms with Gasteiger partial charge >= 0.3 is 6.18 Å². The first-order chi connectivity index (χ1) is 10.4. The van der Waals surface area contributed by atoms with Gasteiger partial charge in [-0.05, 0) is 12.1 Å². The Kier molecular flexibility index (Phi) is 2.57. The molecule has 4 atom stereocenters. The molecule has 3 aliphatic heterocycles. The monoisotopic (exact) mass is 309 g/mol. The quantitative estimate of drug-likeness (QED) is 0.590. The molecule has 4 nitrogen and oxygen atoms in total. The van der Waals surface area contributed by atoms with E-state index in [-0.39, 0.29) is 0 Å². The second-order valence-corrected chi connectivity index (χ2v) is 5.53. The van der Waals surface area contributed by atoms with Crippen LogP contribution in [-0.2, 0) is 20.5 Å². The second kappa shape index (κ2) is 4.19. The molecule has 3 heterocycles. The third-order valence-electron chi connectivity index (χ3n) is 4.36. The van der Waals surface area contributed by atoms with Gasteiger partial charge in [-0.25, -0.2) is 4.90 Å². The lowest BCUT2D eigenvalue weighted by Crippen LogP contribution is -2.35. The Balaban J connectivity index is 1.80. The highest BCUT2D eigenvalue weighted by atomic mass is 19.4. The second-order valence-electron chi connectivity index (χ2n) is 5.53. The van der Waals surface area contributed by atoms with Crippen LogP contribution in [0, 0.1) is 11.8 Å². The highest BCUT2D eigenvalue weighted by molar-refractivity contribution is 6.23. The van der Waals surface area contributed by atoms with E-state index in [9.17, 15) is 22.8 Å². The third-order valence-corrected chi connectivity index (χ3v) is 4.36. The van der Waals surface area contributed by atoms with E-state index in [0.29, 0.717) is 4.90 Å². The van der Waals surface area contributed by atoms with Crippen LogP contribution in [0.4, 0.5) is 18.9 Å². The summed E-state index contributed by atoms with van der Waals surface area (Å²) in [7, 11) is 0. The molecule has 0 unspecified atom stereocenters. The minimum Gasteiger partial charge on any atom is -0.365 e. The zero-order chi connectivity index (χ0) is 15.6. The summed E-state index contributed by atoms with van der Waals surface area (Å²) in [6.07, 6.45) is -2.29. The number of benzene rings is 1. The van der Waals surface area contributed by atoms with Crippen LogP contribution < -0.4 is 4.90 Å². The van der Waals surface area contributed by atoms with E-state index in [0.717, 1.165) is 12.1 Å². The lowest BCUT2D eigenvalue weighted by molar-refractivity contribution is -0.137. The van der Waals surface area contributed by atoms with Crippen molar-refractivity contribution in [3.05, 3.63) is 42.0 Å². The highest BCUT2D eigenvalue weighted by Crippen LogP contribution is 2.48. The van der Waals surface area contributed by atoms with Crippen LogP contribution in [0.25, 0.3) is 0 Å². The zero-order valence-electron chi connectivity index (χ0n) is 11.1. The number of imide groups is 1. The van der Waals surface area contributed by atoms with Crippen molar-refractivity contribution >= 4 is 17.5 Å². The number of ether oxygens (including phenoxy) is 1. The number of hydrogen-bond donors (Lipinski definition) is 0. The predicted octanol–water partition coefficient (Wildman–Crippen LogP) is 2.15. The number of amides is 2. The van der Waals surface area contributed by atoms with Crippen molar-refractivity contribution in [3.8, 4) is 0 Å². The van der Waals surface area contributed by atoms with Gasteiger partial charge in [0.1, 0.15) is 0 Å². The van der Waals surface area contributed by atoms with Crippen LogP contribution in [0.2, 0.25) is 0 Å². The van der Waals surface area contributed by atoms with Crippen LogP contribution in [0.3, 0.4) is 0 Å². The highest BCUT2D eigenvalue weighted by Gasteiger charge is 2.61. The van der Waals surface area contributed by atoms with Gasteiger partial charge in [-0.1, -0.05) is 24.3 Å². The fourth-order valence-electron chi connectivity index (χ4n) is 3.45. The van der Waals surface area contributed by atoms with Crippen LogP contribution in [0.5, 0.6) is 0 Å². The Morgan fingerprint density at radius 2 is 1.50 bits per heavy atom. The number of alkyl halides is 3. The van der Waals surface area contributed by atoms with Crippen molar-refractivity contribution < 1.29 is 27.5 Å². The van der Waals surface area contributed by atoms with Crippen molar-refractivity contribution in [2.24, 2.45) is 11.8 Å². The van der Waals surface area contributed by atoms with Crippen LogP contribution in [0.1, 0.15) is 5.56 Å². The van der Waals surface area contributed by atoms with Gasteiger partial charge in [0, 0.05) is 0 Å². The van der Waals surface area contributed by atoms with E-state index in [1.807, 2.05) is 0 Å². The molecule has 2 amide bonds. The maximum absolute atomic E-state index is 13.1. The minimum absolute atomic E-state index is 0.404. The van der Waals surface area contributed by atoms with E-state index in [1.165, 1.54) is 12.1 Å². The molecule has 2 fully saturated rings. The number of rotatable bonds is 1. The van der Waals surface area contributed by atoms with Crippen LogP contribution in [0.15, 0.2) is 36.4 Å². The first-order valence-corrected chi connectivity index (χ1v) is 6.77. The van der Waals surface area contributed by atoms with Gasteiger partial charge in [0.25, 0.3) is 0 Å². The first-order valence-electron chi connectivity index (χ1n) is 6.77. The van der Waals surface area contributed by atoms with E-state index >= 15 is 0 Å². The van der Waals surface area contributed by atoms with E-state index in [4.69, 9.17) is 4.74 Å². The Hall–Kier alpha value is -2.15. The molecule has 2 bridgehead atoms. The molecule has 22 heavy (non-hydrogen) atoms. The predicted molar refractivity (Wildman–Crippen MR) is 68.7 cm³/mol. The largest absolute Gasteiger partial charge is 0.418 e. The standard InChI is InChI=1S/C15H10F3NO3/c16-15(17,18)7-3-1-2-4-8(7)19-13(20)11-9-5-6-10(22-9)12(11)14(19)21/h1-6,9-12H/t9-,10+,11-,12+. The molecule has 114 valence electrons. The van der Waals surface area contributed by atoms with Crippen molar-refractivity contribution in [3.63, 3.8) is 0 Å². The number of carbonyl (C=O) groups excluding carboxylic acids is 2. The summed E-state index contributed by atoms with van der Waals surface area (Å²) >= 11 is 0. The normalized spacial score (nSPS) is 33.0. The molecule has 0 spiro atoms. The van der Waals surface area contributed by atoms with Crippen LogP contribution in [-0.4, -0.2) is 24.0 Å². The topological polar surface area (TPSA) is 46.6 Å². The number of hydrogen-bond acceptors (Lipinski definition) is 3. The molecule has 0 aromatic heterocycles. The summed E-state index contributed by atoms with van der Waals surface area (Å²) in [5.74, 6) is -2.68. The Bertz CT molecular complexity index is 682. The molecule has 1 aromatic rings. The molecule has 0 saturated carbocycles. The fraction of sp³-hybridized carbons (Fsp3) is 0.333. The Labute approximate surface area is 123 Å². The maximum Gasteiger partial charge on any atom is 0.418 e. The van der Waals surface area contributed by atoms with Gasteiger partial charge in [0.05, 0.1) is 35.3 Å². The Morgan fingerprint density at radius 1 is 0.955 bits per heavy atom. The lowest BCUT2D eigenvalue weighted by Gasteiger charge is -2.21. The molecule has 7 heteroatoms. The van der Waals surface area contributed by atoms with Gasteiger partial charge in [-0.3, -0.25) is 9.59 Å². The summed E-state index contributed by atoms with van der Waals surface area (Å²) < 4.78 is 44.8. The number of halogens is 3. The van der Waals surface area contributed by atoms with Crippen LogP contribution >= 0.6 is 0 Å². The summed E-state index contributed by atoms with van der Waals surface area (Å²) in [6.45, 7) is 0. The number of para-hydroxylation sites is 1. The average Bonchev–Trinajstić information content (AvgIpc) is 3.12. The number of carbonyl (C=O) groups is 2. The number of nitrogens with zero attached hydrogens (tertiary/aromatic N) is 1. The fourth-order valence-corrected chi connectivity index (χ4v) is 3.45. The van der Waals surface area contributed by atoms with E-state index in [1.54, 1.807) is 12.2 Å². The molecule has 0 N–H and O–H groups in total. The smallest absolute Gasteiger partial charge is 0.365 e. The van der Waals surface area contributed by atoms with Gasteiger partial charge < -0.3 is 4.74 Å². The SMILES string of the molecule is O=C1[C@@H]2[C@H](C(=O)N1c1ccccc1C(F)(F)F)[C@H]1C=C[C@@H]2O1. The first kappa shape index (κ1) is 13.5. The molecular weight excluding hydrogens is 299 g/mol. The number of anilines is 1. The lowest BCUT2D eigenvalue weighted by atomic mass is 9.85. The van der Waals surface area contributed by atoms with Gasteiger partial charge in [0.2, 0.25) is 11.8 Å². The van der Waals surface area contributed by atoms with E-state index < -0.39 is 53.3 Å². The van der Waals surface area contributed by atoms with Crippen molar-refractivity contribution in [2.75, 3.05) is 4.90 Å². The van der Waals surface area contributed by atoms with Gasteiger partial charge in [0.15, 0.2) is 0 Å². The molecule has 4 rings (SSSR count). The van der Waals surface area contributed by atoms with Gasteiger partial charge in [-0.15, -0.1) is 0 Å². The summed E-state index contributed by atoms with van der Waals surface area (Å²) in [5, 5.41) is 0. The Morgan fingerprint density at radius 3 is 2.05 bits per heavy atom. The maximum atomic E-state index is 13.1. The van der Waals surface area contributed by atoms with Crippen molar-refractivity contribution in [1.29, 1.82) is 0 Å². The summed E-state index contributed by atoms with van der Waals surface area (Å²) in [4.78, 5) is 25.7.